The summed E-state index contributed by atoms with van der Waals surface area (Å²) in [5, 5.41) is 16.0. The SMILES string of the molecule is COC(=O)N[C@H](C(=O)N1[C@@H]2C[C@@H]2C[C@H]1c1nc(Cl)c(-c2ccc(-c3ccc4nc(-c5[nH]c([C@@H]6C[C@H]7C[C@H]7N6C(=O)[C@@H](NC(=O)O)C(C)C)nc5Cl)ccc4c3)cc2)[nH]1)C(C)C. The number of imidazole rings is 2. The first kappa shape index (κ1) is 40.7. The minimum Gasteiger partial charge on any atom is -0.465 e. The van der Waals surface area contributed by atoms with Crippen LogP contribution in [0.3, 0.4) is 0 Å². The largest absolute Gasteiger partial charge is 0.465 e. The number of carbonyl (C=O) groups is 4. The highest BCUT2D eigenvalue weighted by Gasteiger charge is 2.57. The number of carbonyl (C=O) groups excluding carboxylic acids is 3. The summed E-state index contributed by atoms with van der Waals surface area (Å²) < 4.78 is 4.79. The third kappa shape index (κ3) is 7.56. The second-order valence-corrected chi connectivity index (χ2v) is 18.1. The van der Waals surface area contributed by atoms with E-state index in [0.717, 1.165) is 53.3 Å². The van der Waals surface area contributed by atoms with Gasteiger partial charge in [0.2, 0.25) is 11.8 Å². The van der Waals surface area contributed by atoms with E-state index in [0.29, 0.717) is 45.7 Å². The standard InChI is InChI=1S/C44H47Cl2N9O6/c1-19(2)33(50-43(58)59)41(56)54-29-15-26(29)18-32(54)40-49-36(38(46)53-40)28-13-11-24-14-23(10-12-27(24)47-28)21-6-8-22(9-7-21)35-37(45)52-39(48-35)31-17-25-16-30(25)55(31)42(57)34(20(3)4)51-44(60)61-5/h6-14,19-20,25-26,29-34,50H,15-18H2,1-5H3,(H,48,52)(H,49,53)(H,51,60)(H,58,59)/t25-,26-,29-,30-,31+,32+,33+,34+/m1/s1. The predicted octanol–water partition coefficient (Wildman–Crippen LogP) is 7.99. The molecule has 0 radical (unpaired) electrons. The number of aromatic nitrogens is 5. The zero-order valence-corrected chi connectivity index (χ0v) is 35.8. The molecule has 61 heavy (non-hydrogen) atoms. The number of pyridine rings is 1. The van der Waals surface area contributed by atoms with Gasteiger partial charge in [-0.15, -0.1) is 0 Å². The zero-order chi connectivity index (χ0) is 43.0. The minimum atomic E-state index is -1.23. The van der Waals surface area contributed by atoms with Crippen molar-refractivity contribution in [3.8, 4) is 33.8 Å². The number of rotatable bonds is 11. The van der Waals surface area contributed by atoms with Crippen molar-refractivity contribution in [3.63, 3.8) is 0 Å². The molecule has 4 amide bonds. The van der Waals surface area contributed by atoms with E-state index >= 15 is 0 Å². The van der Waals surface area contributed by atoms with Crippen molar-refractivity contribution in [3.05, 3.63) is 76.6 Å². The Bertz CT molecular complexity index is 2560. The lowest BCUT2D eigenvalue weighted by molar-refractivity contribution is -0.137. The van der Waals surface area contributed by atoms with Crippen molar-refractivity contribution in [1.29, 1.82) is 0 Å². The Hall–Kier alpha value is -5.67. The van der Waals surface area contributed by atoms with Crippen LogP contribution in [-0.2, 0) is 14.3 Å². The molecule has 2 aliphatic carbocycles. The van der Waals surface area contributed by atoms with Crippen molar-refractivity contribution in [2.75, 3.05) is 7.11 Å². The van der Waals surface area contributed by atoms with Gasteiger partial charge in [0.15, 0.2) is 10.3 Å². The van der Waals surface area contributed by atoms with Crippen LogP contribution in [0, 0.1) is 23.7 Å². The lowest BCUT2D eigenvalue weighted by Gasteiger charge is -2.31. The lowest BCUT2D eigenvalue weighted by Crippen LogP contribution is -2.52. The van der Waals surface area contributed by atoms with Gasteiger partial charge in [0.05, 0.1) is 36.1 Å². The first-order valence-corrected chi connectivity index (χ1v) is 21.5. The molecule has 318 valence electrons. The van der Waals surface area contributed by atoms with Crippen LogP contribution in [-0.4, -0.2) is 95.1 Å². The van der Waals surface area contributed by atoms with Gasteiger partial charge in [-0.2, -0.15) is 0 Å². The molecule has 17 heteroatoms. The van der Waals surface area contributed by atoms with Crippen LogP contribution in [0.25, 0.3) is 44.7 Å². The average Bonchev–Trinajstić information content (AvgIpc) is 3.95. The molecule has 8 atom stereocenters. The minimum absolute atomic E-state index is 0.0573. The highest BCUT2D eigenvalue weighted by Crippen LogP contribution is 2.55. The number of hydrogen-bond donors (Lipinski definition) is 5. The van der Waals surface area contributed by atoms with Gasteiger partial charge >= 0.3 is 12.2 Å². The number of amides is 4. The molecule has 9 rings (SSSR count). The Labute approximate surface area is 362 Å². The molecular weight excluding hydrogens is 821 g/mol. The number of halogens is 2. The monoisotopic (exact) mass is 867 g/mol. The van der Waals surface area contributed by atoms with E-state index in [4.69, 9.17) is 37.9 Å². The molecule has 4 fully saturated rings. The van der Waals surface area contributed by atoms with Crippen molar-refractivity contribution in [2.45, 2.75) is 89.6 Å². The molecule has 4 aliphatic rings. The number of fused-ring (bicyclic) bond motifs is 3. The normalized spacial score (nSPS) is 23.5. The van der Waals surface area contributed by atoms with E-state index < -0.39 is 24.3 Å². The van der Waals surface area contributed by atoms with E-state index in [1.807, 2.05) is 81.1 Å². The van der Waals surface area contributed by atoms with E-state index in [1.165, 1.54) is 7.11 Å². The number of methoxy groups -OCH3 is 1. The summed E-state index contributed by atoms with van der Waals surface area (Å²) in [6, 6.07) is 15.9. The quantitative estimate of drug-likeness (QED) is 0.0874. The number of aromatic amines is 2. The summed E-state index contributed by atoms with van der Waals surface area (Å²) in [6.07, 6.45) is 1.45. The van der Waals surface area contributed by atoms with Crippen molar-refractivity contribution < 1.29 is 29.0 Å². The van der Waals surface area contributed by atoms with E-state index in [9.17, 15) is 24.3 Å². The first-order valence-electron chi connectivity index (χ1n) is 20.7. The summed E-state index contributed by atoms with van der Waals surface area (Å²) in [6.45, 7) is 7.44. The van der Waals surface area contributed by atoms with E-state index in [2.05, 4.69) is 31.7 Å². The number of H-pyrrole nitrogens is 2. The topological polar surface area (TPSA) is 199 Å². The van der Waals surface area contributed by atoms with Gasteiger partial charge in [0.1, 0.15) is 29.4 Å². The number of likely N-dealkylation sites (tertiary alicyclic amines) is 2. The van der Waals surface area contributed by atoms with Gasteiger partial charge in [0.25, 0.3) is 0 Å². The molecule has 15 nitrogen and oxygen atoms in total. The maximum absolute atomic E-state index is 13.9. The number of nitrogens with one attached hydrogen (secondary N) is 4. The van der Waals surface area contributed by atoms with Crippen LogP contribution in [0.1, 0.15) is 77.1 Å². The summed E-state index contributed by atoms with van der Waals surface area (Å²) >= 11 is 13.5. The zero-order valence-electron chi connectivity index (χ0n) is 34.3. The molecule has 2 aliphatic heterocycles. The molecule has 0 spiro atoms. The fourth-order valence-corrected chi connectivity index (χ4v) is 9.87. The van der Waals surface area contributed by atoms with Crippen LogP contribution in [0.5, 0.6) is 0 Å². The predicted molar refractivity (Wildman–Crippen MR) is 229 cm³/mol. The maximum atomic E-state index is 13.9. The summed E-state index contributed by atoms with van der Waals surface area (Å²) in [7, 11) is 1.28. The molecule has 5 heterocycles. The Morgan fingerprint density at radius 1 is 0.705 bits per heavy atom. The molecule has 2 saturated heterocycles. The number of ether oxygens (including phenoxy) is 1. The summed E-state index contributed by atoms with van der Waals surface area (Å²) in [5.74, 6) is 1.15. The van der Waals surface area contributed by atoms with E-state index in [1.54, 1.807) is 4.90 Å². The third-order valence-electron chi connectivity index (χ3n) is 12.8. The van der Waals surface area contributed by atoms with Crippen molar-refractivity contribution in [1.82, 2.24) is 45.4 Å². The summed E-state index contributed by atoms with van der Waals surface area (Å²) in [5.41, 5.74) is 5.42. The molecule has 0 bridgehead atoms. The molecule has 3 aromatic heterocycles. The van der Waals surface area contributed by atoms with Crippen LogP contribution in [0.2, 0.25) is 10.3 Å². The highest BCUT2D eigenvalue weighted by molar-refractivity contribution is 6.32. The number of benzene rings is 2. The number of nitrogens with zero attached hydrogens (tertiary/aromatic N) is 5. The maximum Gasteiger partial charge on any atom is 0.407 e. The Kier molecular flexibility index (Phi) is 10.5. The molecule has 2 saturated carbocycles. The fourth-order valence-electron chi connectivity index (χ4n) is 9.39. The van der Waals surface area contributed by atoms with Crippen molar-refractivity contribution in [2.24, 2.45) is 23.7 Å². The molecule has 5 N–H and O–H groups in total. The van der Waals surface area contributed by atoms with Crippen LogP contribution >= 0.6 is 23.2 Å². The molecule has 2 aromatic carbocycles. The van der Waals surface area contributed by atoms with Gasteiger partial charge in [-0.05, 0) is 78.7 Å². The smallest absolute Gasteiger partial charge is 0.407 e. The van der Waals surface area contributed by atoms with Gasteiger partial charge in [-0.1, -0.05) is 87.3 Å². The van der Waals surface area contributed by atoms with E-state index in [-0.39, 0.29) is 53.0 Å². The number of alkyl carbamates (subject to hydrolysis) is 1. The van der Waals surface area contributed by atoms with Crippen molar-refractivity contribution >= 4 is 58.1 Å². The lowest BCUT2D eigenvalue weighted by atomic mass is 10.0. The Morgan fingerprint density at radius 2 is 1.23 bits per heavy atom. The second kappa shape index (κ2) is 15.7. The van der Waals surface area contributed by atoms with Crippen LogP contribution in [0.4, 0.5) is 9.59 Å². The van der Waals surface area contributed by atoms with Gasteiger partial charge < -0.3 is 40.2 Å². The Balaban J connectivity index is 0.909. The van der Waals surface area contributed by atoms with Gasteiger partial charge in [-0.3, -0.25) is 9.59 Å². The number of piperidine rings is 2. The highest BCUT2D eigenvalue weighted by atomic mass is 35.5. The molecule has 0 unspecified atom stereocenters. The number of hydrogen-bond acceptors (Lipinski definition) is 8. The Morgan fingerprint density at radius 3 is 1.79 bits per heavy atom. The van der Waals surface area contributed by atoms with Gasteiger partial charge in [0, 0.05) is 23.0 Å². The van der Waals surface area contributed by atoms with Crippen LogP contribution in [0.15, 0.2) is 54.6 Å². The van der Waals surface area contributed by atoms with Gasteiger partial charge in [-0.25, -0.2) is 24.5 Å². The summed E-state index contributed by atoms with van der Waals surface area (Å²) in [4.78, 5) is 75.8. The number of carboxylic acid groups (broad SMARTS) is 1. The second-order valence-electron chi connectivity index (χ2n) is 17.4. The fraction of sp³-hybridized carbons (Fsp3) is 0.432. The average molecular weight is 869 g/mol. The van der Waals surface area contributed by atoms with Crippen LogP contribution < -0.4 is 10.6 Å². The molecular formula is C44H47Cl2N9O6. The first-order chi connectivity index (χ1) is 29.2. The molecule has 5 aromatic rings. The third-order valence-corrected chi connectivity index (χ3v) is 13.3.